The zero-order chi connectivity index (χ0) is 23.1. The highest BCUT2D eigenvalue weighted by molar-refractivity contribution is 9.10. The van der Waals surface area contributed by atoms with Gasteiger partial charge in [-0.3, -0.25) is 9.36 Å². The molecular formula is C22H21Br2N5O2S. The maximum atomic E-state index is 12.3. The lowest BCUT2D eigenvalue weighted by Gasteiger charge is -2.10. The number of hydrogen-bond acceptors (Lipinski definition) is 6. The Hall–Kier alpha value is -2.43. The highest BCUT2D eigenvalue weighted by Gasteiger charge is 2.16. The molecule has 0 radical (unpaired) electrons. The van der Waals surface area contributed by atoms with Crippen molar-refractivity contribution in [2.24, 2.45) is 5.10 Å². The Kier molecular flexibility index (Phi) is 8.66. The van der Waals surface area contributed by atoms with Crippen molar-refractivity contribution in [3.63, 3.8) is 0 Å². The number of aromatic nitrogens is 3. The minimum absolute atomic E-state index is 0.140. The van der Waals surface area contributed by atoms with E-state index >= 15 is 0 Å². The molecule has 166 valence electrons. The molecule has 0 bridgehead atoms. The predicted octanol–water partition coefficient (Wildman–Crippen LogP) is 5.30. The van der Waals surface area contributed by atoms with Gasteiger partial charge >= 0.3 is 0 Å². The van der Waals surface area contributed by atoms with Crippen molar-refractivity contribution in [1.82, 2.24) is 20.2 Å². The second kappa shape index (κ2) is 11.4. The predicted molar refractivity (Wildman–Crippen MR) is 135 cm³/mol. The zero-order valence-corrected chi connectivity index (χ0v) is 21.5. The number of carbonyl (C=O) groups is 1. The van der Waals surface area contributed by atoms with Crippen LogP contribution in [0, 0.1) is 0 Å². The number of rotatable bonds is 9. The van der Waals surface area contributed by atoms with E-state index in [-0.39, 0.29) is 11.7 Å². The van der Waals surface area contributed by atoms with Crippen molar-refractivity contribution in [3.05, 3.63) is 69.1 Å². The minimum atomic E-state index is -0.254. The average molecular weight is 579 g/mol. The fraction of sp³-hybridized carbons (Fsp3) is 0.182. The standard InChI is InChI=1S/C22H21Br2N5O2S/c1-14(2)12-29-21(15-4-6-17(23)7-5-15)27-28-22(29)32-13-20(30)26-25-11-16-10-18(24)8-9-19(16)31-3/h4-11H,1,12-13H2,2-3H3,(H,26,30). The van der Waals surface area contributed by atoms with Gasteiger partial charge in [-0.15, -0.1) is 10.2 Å². The quantitative estimate of drug-likeness (QED) is 0.161. The lowest BCUT2D eigenvalue weighted by molar-refractivity contribution is -0.118. The Morgan fingerprint density at radius 2 is 1.94 bits per heavy atom. The molecule has 1 aromatic heterocycles. The molecular weight excluding hydrogens is 558 g/mol. The van der Waals surface area contributed by atoms with E-state index in [1.54, 1.807) is 13.3 Å². The van der Waals surface area contributed by atoms with E-state index in [4.69, 9.17) is 4.74 Å². The monoisotopic (exact) mass is 577 g/mol. The number of hydrazone groups is 1. The van der Waals surface area contributed by atoms with Crippen molar-refractivity contribution in [2.75, 3.05) is 12.9 Å². The SMILES string of the molecule is C=C(C)Cn1c(SCC(=O)NN=Cc2cc(Br)ccc2OC)nnc1-c1ccc(Br)cc1. The van der Waals surface area contributed by atoms with Gasteiger partial charge in [0.15, 0.2) is 11.0 Å². The molecule has 3 aromatic rings. The van der Waals surface area contributed by atoms with Crippen LogP contribution in [-0.4, -0.2) is 39.7 Å². The second-order valence-corrected chi connectivity index (χ2v) is 9.60. The smallest absolute Gasteiger partial charge is 0.250 e. The van der Waals surface area contributed by atoms with E-state index in [1.165, 1.54) is 11.8 Å². The molecule has 3 rings (SSSR count). The van der Waals surface area contributed by atoms with Crippen LogP contribution < -0.4 is 10.2 Å². The van der Waals surface area contributed by atoms with Crippen LogP contribution in [0.25, 0.3) is 11.4 Å². The van der Waals surface area contributed by atoms with Crippen LogP contribution in [0.5, 0.6) is 5.75 Å². The highest BCUT2D eigenvalue weighted by Crippen LogP contribution is 2.26. The van der Waals surface area contributed by atoms with Crippen LogP contribution in [0.4, 0.5) is 0 Å². The number of amides is 1. The third-order valence-electron chi connectivity index (χ3n) is 4.16. The summed E-state index contributed by atoms with van der Waals surface area (Å²) in [7, 11) is 1.58. The Labute approximate surface area is 207 Å². The molecule has 0 aliphatic heterocycles. The van der Waals surface area contributed by atoms with Gasteiger partial charge in [0.05, 0.1) is 19.1 Å². The summed E-state index contributed by atoms with van der Waals surface area (Å²) in [6, 6.07) is 13.4. The van der Waals surface area contributed by atoms with E-state index in [1.807, 2.05) is 54.0 Å². The normalized spacial score (nSPS) is 11.0. The topological polar surface area (TPSA) is 81.4 Å². The summed E-state index contributed by atoms with van der Waals surface area (Å²) < 4.78 is 9.13. The van der Waals surface area contributed by atoms with Crippen molar-refractivity contribution in [3.8, 4) is 17.1 Å². The number of methoxy groups -OCH3 is 1. The Balaban J connectivity index is 1.67. The van der Waals surface area contributed by atoms with Crippen LogP contribution in [0.3, 0.4) is 0 Å². The first-order valence-electron chi connectivity index (χ1n) is 9.49. The van der Waals surface area contributed by atoms with Gasteiger partial charge in [0.2, 0.25) is 0 Å². The summed E-state index contributed by atoms with van der Waals surface area (Å²) in [6.45, 7) is 6.50. The molecule has 0 unspecified atom stereocenters. The summed E-state index contributed by atoms with van der Waals surface area (Å²) in [6.07, 6.45) is 1.54. The molecule has 0 atom stereocenters. The fourth-order valence-electron chi connectivity index (χ4n) is 2.76. The highest BCUT2D eigenvalue weighted by atomic mass is 79.9. The number of ether oxygens (including phenoxy) is 1. The first-order valence-corrected chi connectivity index (χ1v) is 12.1. The Morgan fingerprint density at radius 3 is 2.62 bits per heavy atom. The van der Waals surface area contributed by atoms with Gasteiger partial charge in [0.1, 0.15) is 5.75 Å². The van der Waals surface area contributed by atoms with Gasteiger partial charge in [-0.05, 0) is 37.3 Å². The molecule has 1 N–H and O–H groups in total. The molecule has 0 fully saturated rings. The fourth-order valence-corrected chi connectivity index (χ4v) is 4.14. The zero-order valence-electron chi connectivity index (χ0n) is 17.5. The summed E-state index contributed by atoms with van der Waals surface area (Å²) in [5.74, 6) is 1.27. The largest absolute Gasteiger partial charge is 0.496 e. The lowest BCUT2D eigenvalue weighted by atomic mass is 10.2. The van der Waals surface area contributed by atoms with Gasteiger partial charge in [0, 0.05) is 26.6 Å². The number of nitrogens with zero attached hydrogens (tertiary/aromatic N) is 4. The molecule has 32 heavy (non-hydrogen) atoms. The summed E-state index contributed by atoms with van der Waals surface area (Å²) in [5, 5.41) is 13.3. The van der Waals surface area contributed by atoms with E-state index < -0.39 is 0 Å². The van der Waals surface area contributed by atoms with E-state index in [2.05, 4.69) is 59.2 Å². The number of thioether (sulfide) groups is 1. The van der Waals surface area contributed by atoms with Crippen molar-refractivity contribution >= 4 is 55.7 Å². The number of halogens is 2. The van der Waals surface area contributed by atoms with Crippen molar-refractivity contribution < 1.29 is 9.53 Å². The van der Waals surface area contributed by atoms with Crippen LogP contribution in [0.1, 0.15) is 12.5 Å². The van der Waals surface area contributed by atoms with Crippen LogP contribution in [0.2, 0.25) is 0 Å². The molecule has 0 spiro atoms. The molecule has 2 aromatic carbocycles. The molecule has 0 aliphatic rings. The first-order chi connectivity index (χ1) is 15.4. The summed E-state index contributed by atoms with van der Waals surface area (Å²) in [5.41, 5.74) is 5.18. The molecule has 0 saturated heterocycles. The van der Waals surface area contributed by atoms with Crippen molar-refractivity contribution in [2.45, 2.75) is 18.6 Å². The first kappa shape index (κ1) is 24.2. The van der Waals surface area contributed by atoms with Gasteiger partial charge in [-0.1, -0.05) is 67.9 Å². The van der Waals surface area contributed by atoms with Gasteiger partial charge in [0.25, 0.3) is 5.91 Å². The number of allylic oxidation sites excluding steroid dienone is 1. The number of benzene rings is 2. The molecule has 1 heterocycles. The van der Waals surface area contributed by atoms with Crippen molar-refractivity contribution in [1.29, 1.82) is 0 Å². The van der Waals surface area contributed by atoms with Gasteiger partial charge < -0.3 is 4.74 Å². The Morgan fingerprint density at radius 1 is 1.22 bits per heavy atom. The summed E-state index contributed by atoms with van der Waals surface area (Å²) >= 11 is 8.15. The van der Waals surface area contributed by atoms with Gasteiger partial charge in [-0.25, -0.2) is 5.43 Å². The third-order valence-corrected chi connectivity index (χ3v) is 6.15. The molecule has 7 nitrogen and oxygen atoms in total. The third kappa shape index (κ3) is 6.54. The van der Waals surface area contributed by atoms with Gasteiger partial charge in [-0.2, -0.15) is 5.10 Å². The maximum absolute atomic E-state index is 12.3. The van der Waals surface area contributed by atoms with Crippen LogP contribution in [0.15, 0.2) is 73.8 Å². The number of nitrogens with one attached hydrogen (secondary N) is 1. The second-order valence-electron chi connectivity index (χ2n) is 6.82. The minimum Gasteiger partial charge on any atom is -0.496 e. The number of hydrogen-bond donors (Lipinski definition) is 1. The molecule has 10 heteroatoms. The van der Waals surface area contributed by atoms with Crippen LogP contribution in [-0.2, 0) is 11.3 Å². The maximum Gasteiger partial charge on any atom is 0.250 e. The summed E-state index contributed by atoms with van der Waals surface area (Å²) in [4.78, 5) is 12.3. The molecule has 0 aliphatic carbocycles. The average Bonchev–Trinajstić information content (AvgIpc) is 3.14. The molecule has 0 saturated carbocycles. The van der Waals surface area contributed by atoms with E-state index in [0.29, 0.717) is 17.5 Å². The number of carbonyl (C=O) groups excluding carboxylic acids is 1. The van der Waals surface area contributed by atoms with E-state index in [9.17, 15) is 4.79 Å². The lowest BCUT2D eigenvalue weighted by Crippen LogP contribution is -2.20. The van der Waals surface area contributed by atoms with E-state index in [0.717, 1.165) is 31.5 Å². The van der Waals surface area contributed by atoms with Crippen LogP contribution >= 0.6 is 43.6 Å². The molecule has 1 amide bonds. The Bertz CT molecular complexity index is 1150.